The third-order valence-electron chi connectivity index (χ3n) is 2.92. The highest BCUT2D eigenvalue weighted by Gasteiger charge is 2.26. The second kappa shape index (κ2) is 6.02. The highest BCUT2D eigenvalue weighted by atomic mass is 35.5. The number of carbonyl (C=O) groups excluding carboxylic acids is 2. The van der Waals surface area contributed by atoms with E-state index >= 15 is 0 Å². The normalized spacial score (nSPS) is 16.7. The Labute approximate surface area is 126 Å². The van der Waals surface area contributed by atoms with E-state index in [4.69, 9.17) is 27.9 Å². The molecule has 1 heterocycles. The lowest BCUT2D eigenvalue weighted by Crippen LogP contribution is -2.34. The summed E-state index contributed by atoms with van der Waals surface area (Å²) in [7, 11) is 0. The molecule has 0 bridgehead atoms. The number of anilines is 2. The quantitative estimate of drug-likeness (QED) is 0.428. The average Bonchev–Trinajstić information content (AvgIpc) is 2.56. The number of benzene rings is 1. The summed E-state index contributed by atoms with van der Waals surface area (Å²) in [5.74, 6) is 4.93. The lowest BCUT2D eigenvalue weighted by molar-refractivity contribution is -0.138. The topological polar surface area (TPSA) is 111 Å². The molecule has 0 saturated carbocycles. The first-order chi connectivity index (χ1) is 9.93. The SMILES string of the molecule is CCOC(=O)/C(N)=C1\CC(=O)Nc2ccc(Cl)cc2N1N. The van der Waals surface area contributed by atoms with Crippen molar-refractivity contribution in [1.29, 1.82) is 0 Å². The van der Waals surface area contributed by atoms with Crippen LogP contribution in [0.15, 0.2) is 29.6 Å². The number of hydrogen-bond acceptors (Lipinski definition) is 6. The van der Waals surface area contributed by atoms with Gasteiger partial charge in [0.1, 0.15) is 5.70 Å². The fourth-order valence-corrected chi connectivity index (χ4v) is 2.10. The molecule has 112 valence electrons. The molecule has 1 aliphatic heterocycles. The zero-order valence-corrected chi connectivity index (χ0v) is 12.1. The number of hydrazine groups is 1. The number of rotatable bonds is 2. The average molecular weight is 311 g/mol. The Morgan fingerprint density at radius 3 is 2.90 bits per heavy atom. The molecule has 2 rings (SSSR count). The monoisotopic (exact) mass is 310 g/mol. The van der Waals surface area contributed by atoms with E-state index in [1.165, 1.54) is 5.01 Å². The van der Waals surface area contributed by atoms with Crippen LogP contribution < -0.4 is 21.9 Å². The van der Waals surface area contributed by atoms with Gasteiger partial charge in [0.05, 0.1) is 30.1 Å². The van der Waals surface area contributed by atoms with E-state index in [1.807, 2.05) is 0 Å². The van der Waals surface area contributed by atoms with Gasteiger partial charge in [-0.3, -0.25) is 9.80 Å². The Morgan fingerprint density at radius 2 is 2.24 bits per heavy atom. The summed E-state index contributed by atoms with van der Waals surface area (Å²) >= 11 is 5.94. The van der Waals surface area contributed by atoms with Gasteiger partial charge in [-0.1, -0.05) is 11.6 Å². The molecule has 1 aliphatic rings. The molecule has 1 aromatic carbocycles. The molecule has 0 radical (unpaired) electrons. The van der Waals surface area contributed by atoms with Crippen LogP contribution in [0.2, 0.25) is 5.02 Å². The Hall–Kier alpha value is -2.25. The minimum Gasteiger partial charge on any atom is -0.461 e. The van der Waals surface area contributed by atoms with Gasteiger partial charge in [0.2, 0.25) is 5.91 Å². The number of nitrogens with one attached hydrogen (secondary N) is 1. The first kappa shape index (κ1) is 15.1. The molecule has 0 fully saturated rings. The molecule has 0 atom stereocenters. The molecule has 5 N–H and O–H groups in total. The third kappa shape index (κ3) is 3.09. The minimum absolute atomic E-state index is 0.145. The zero-order chi connectivity index (χ0) is 15.6. The number of hydrogen-bond donors (Lipinski definition) is 3. The highest BCUT2D eigenvalue weighted by molar-refractivity contribution is 6.31. The standard InChI is InChI=1S/C13H15ClN4O3/c1-2-21-13(20)12(15)10-6-11(19)17-8-4-3-7(14)5-9(8)18(10)16/h3-5H,2,6,15-16H2,1H3,(H,17,19)/b12-10-. The van der Waals surface area contributed by atoms with E-state index in [1.54, 1.807) is 25.1 Å². The van der Waals surface area contributed by atoms with Crippen molar-refractivity contribution in [3.8, 4) is 0 Å². The second-order valence-corrected chi connectivity index (χ2v) is 4.77. The van der Waals surface area contributed by atoms with E-state index in [2.05, 4.69) is 5.32 Å². The van der Waals surface area contributed by atoms with E-state index in [0.717, 1.165) is 0 Å². The van der Waals surface area contributed by atoms with Crippen molar-refractivity contribution >= 4 is 34.9 Å². The van der Waals surface area contributed by atoms with Crippen molar-refractivity contribution in [1.82, 2.24) is 0 Å². The maximum Gasteiger partial charge on any atom is 0.356 e. The largest absolute Gasteiger partial charge is 0.461 e. The van der Waals surface area contributed by atoms with Crippen LogP contribution in [-0.2, 0) is 14.3 Å². The smallest absolute Gasteiger partial charge is 0.356 e. The van der Waals surface area contributed by atoms with Crippen molar-refractivity contribution in [2.45, 2.75) is 13.3 Å². The maximum atomic E-state index is 11.9. The van der Waals surface area contributed by atoms with Crippen molar-refractivity contribution in [3.63, 3.8) is 0 Å². The number of nitrogens with zero attached hydrogens (tertiary/aromatic N) is 1. The second-order valence-electron chi connectivity index (χ2n) is 4.34. The van der Waals surface area contributed by atoms with Gasteiger partial charge in [-0.05, 0) is 25.1 Å². The molecule has 21 heavy (non-hydrogen) atoms. The van der Waals surface area contributed by atoms with E-state index in [0.29, 0.717) is 16.4 Å². The molecule has 1 aromatic rings. The Morgan fingerprint density at radius 1 is 1.52 bits per heavy atom. The number of amides is 1. The highest BCUT2D eigenvalue weighted by Crippen LogP contribution is 2.33. The Balaban J connectivity index is 2.51. The van der Waals surface area contributed by atoms with Crippen molar-refractivity contribution in [2.75, 3.05) is 16.9 Å². The lowest BCUT2D eigenvalue weighted by atomic mass is 10.2. The first-order valence-electron chi connectivity index (χ1n) is 6.24. The maximum absolute atomic E-state index is 11.9. The summed E-state index contributed by atoms with van der Waals surface area (Å²) in [5.41, 5.74) is 6.64. The summed E-state index contributed by atoms with van der Waals surface area (Å²) in [6.07, 6.45) is -0.145. The number of fused-ring (bicyclic) bond motifs is 1. The summed E-state index contributed by atoms with van der Waals surface area (Å²) in [5, 5.41) is 4.29. The number of ether oxygens (including phenoxy) is 1. The van der Waals surface area contributed by atoms with E-state index in [9.17, 15) is 9.59 Å². The molecule has 1 amide bonds. The van der Waals surface area contributed by atoms with Crippen LogP contribution in [0.25, 0.3) is 0 Å². The summed E-state index contributed by atoms with van der Waals surface area (Å²) in [4.78, 5) is 23.6. The fourth-order valence-electron chi connectivity index (χ4n) is 1.94. The number of halogens is 1. The molecule has 0 unspecified atom stereocenters. The molecule has 0 aromatic heterocycles. The van der Waals surface area contributed by atoms with Crippen LogP contribution in [0.3, 0.4) is 0 Å². The fraction of sp³-hybridized carbons (Fsp3) is 0.231. The van der Waals surface area contributed by atoms with Gasteiger partial charge >= 0.3 is 5.97 Å². The summed E-state index contributed by atoms with van der Waals surface area (Å²) in [6.45, 7) is 1.83. The first-order valence-corrected chi connectivity index (χ1v) is 6.61. The molecule has 0 aliphatic carbocycles. The van der Waals surface area contributed by atoms with E-state index < -0.39 is 5.97 Å². The van der Waals surface area contributed by atoms with Crippen LogP contribution in [0, 0.1) is 0 Å². The van der Waals surface area contributed by atoms with Crippen LogP contribution in [-0.4, -0.2) is 18.5 Å². The van der Waals surface area contributed by atoms with Gasteiger partial charge in [-0.25, -0.2) is 10.6 Å². The Kier molecular flexibility index (Phi) is 4.35. The summed E-state index contributed by atoms with van der Waals surface area (Å²) in [6, 6.07) is 4.82. The van der Waals surface area contributed by atoms with Gasteiger partial charge < -0.3 is 15.8 Å². The predicted molar refractivity (Wildman–Crippen MR) is 79.2 cm³/mol. The van der Waals surface area contributed by atoms with Crippen molar-refractivity contribution in [3.05, 3.63) is 34.6 Å². The molecule has 7 nitrogen and oxygen atoms in total. The van der Waals surface area contributed by atoms with Gasteiger partial charge in [0.25, 0.3) is 0 Å². The van der Waals surface area contributed by atoms with Gasteiger partial charge in [0, 0.05) is 5.02 Å². The van der Waals surface area contributed by atoms with Gasteiger partial charge in [-0.15, -0.1) is 0 Å². The Bertz CT molecular complexity index is 630. The molecule has 0 spiro atoms. The van der Waals surface area contributed by atoms with Crippen LogP contribution in [0.1, 0.15) is 13.3 Å². The van der Waals surface area contributed by atoms with E-state index in [-0.39, 0.29) is 30.3 Å². The number of esters is 1. The van der Waals surface area contributed by atoms with Crippen LogP contribution in [0.4, 0.5) is 11.4 Å². The van der Waals surface area contributed by atoms with Crippen molar-refractivity contribution in [2.24, 2.45) is 11.6 Å². The van der Waals surface area contributed by atoms with Crippen LogP contribution >= 0.6 is 11.6 Å². The summed E-state index contributed by atoms with van der Waals surface area (Å²) < 4.78 is 4.83. The molecule has 0 saturated heterocycles. The molecule has 8 heteroatoms. The van der Waals surface area contributed by atoms with Gasteiger partial charge in [-0.2, -0.15) is 0 Å². The zero-order valence-electron chi connectivity index (χ0n) is 11.4. The van der Waals surface area contributed by atoms with Gasteiger partial charge in [0.15, 0.2) is 0 Å². The minimum atomic E-state index is -0.721. The predicted octanol–water partition coefficient (Wildman–Crippen LogP) is 1.10. The molecular weight excluding hydrogens is 296 g/mol. The van der Waals surface area contributed by atoms with Crippen LogP contribution in [0.5, 0.6) is 0 Å². The lowest BCUT2D eigenvalue weighted by Gasteiger charge is -2.22. The number of nitrogens with two attached hydrogens (primary N) is 2. The molecular formula is C13H15ClN4O3. The number of carbonyl (C=O) groups is 2. The van der Waals surface area contributed by atoms with Crippen molar-refractivity contribution < 1.29 is 14.3 Å². The third-order valence-corrected chi connectivity index (χ3v) is 3.15.